The fourth-order valence-corrected chi connectivity index (χ4v) is 4.43. The zero-order valence-corrected chi connectivity index (χ0v) is 17.7. The van der Waals surface area contributed by atoms with Crippen LogP contribution in [0.15, 0.2) is 70.3 Å². The van der Waals surface area contributed by atoms with Crippen LogP contribution in [0.1, 0.15) is 11.5 Å². The Morgan fingerprint density at radius 3 is 2.86 bits per heavy atom. The molecule has 0 spiro atoms. The van der Waals surface area contributed by atoms with Gasteiger partial charge in [-0.15, -0.1) is 28.1 Å². The summed E-state index contributed by atoms with van der Waals surface area (Å²) in [6, 6.07) is 11.0. The number of thioether (sulfide) groups is 1. The number of aromatic nitrogens is 4. The zero-order valence-electron chi connectivity index (χ0n) is 15.3. The van der Waals surface area contributed by atoms with Crippen molar-refractivity contribution in [2.24, 2.45) is 0 Å². The Morgan fingerprint density at radius 1 is 1.24 bits per heavy atom. The maximum Gasteiger partial charge on any atom is 0.191 e. The van der Waals surface area contributed by atoms with Crippen molar-refractivity contribution in [2.75, 3.05) is 0 Å². The van der Waals surface area contributed by atoms with Crippen molar-refractivity contribution >= 4 is 34.7 Å². The Bertz CT molecular complexity index is 1070. The minimum absolute atomic E-state index is 0.308. The van der Waals surface area contributed by atoms with Crippen molar-refractivity contribution in [3.8, 4) is 16.5 Å². The van der Waals surface area contributed by atoms with Crippen LogP contribution in [-0.4, -0.2) is 19.7 Å². The van der Waals surface area contributed by atoms with E-state index in [-0.39, 0.29) is 0 Å². The molecule has 1 aromatic carbocycles. The van der Waals surface area contributed by atoms with E-state index in [4.69, 9.17) is 20.8 Å². The Morgan fingerprint density at radius 2 is 2.10 bits per heavy atom. The van der Waals surface area contributed by atoms with Crippen LogP contribution in [-0.2, 0) is 18.9 Å². The van der Waals surface area contributed by atoms with Crippen LogP contribution in [0.25, 0.3) is 10.8 Å². The van der Waals surface area contributed by atoms with Gasteiger partial charge in [-0.1, -0.05) is 29.4 Å². The van der Waals surface area contributed by atoms with Crippen LogP contribution in [0.3, 0.4) is 0 Å². The summed E-state index contributed by atoms with van der Waals surface area (Å²) in [4.78, 5) is 4.62. The molecule has 0 saturated heterocycles. The molecule has 29 heavy (non-hydrogen) atoms. The largest absolute Gasteiger partial charge is 0.486 e. The lowest BCUT2D eigenvalue weighted by Crippen LogP contribution is -2.07. The number of hydrogen-bond donors (Lipinski definition) is 0. The number of benzene rings is 1. The molecule has 9 heteroatoms. The van der Waals surface area contributed by atoms with Gasteiger partial charge in [0.25, 0.3) is 0 Å². The molecule has 0 aliphatic heterocycles. The second-order valence-corrected chi connectivity index (χ2v) is 8.19. The van der Waals surface area contributed by atoms with Gasteiger partial charge < -0.3 is 9.15 Å². The van der Waals surface area contributed by atoms with E-state index in [1.807, 2.05) is 40.3 Å². The van der Waals surface area contributed by atoms with Gasteiger partial charge in [0.15, 0.2) is 21.7 Å². The van der Waals surface area contributed by atoms with Crippen molar-refractivity contribution in [3.63, 3.8) is 0 Å². The van der Waals surface area contributed by atoms with Crippen LogP contribution in [0.2, 0.25) is 5.02 Å². The molecule has 0 aliphatic rings. The smallest absolute Gasteiger partial charge is 0.191 e. The highest BCUT2D eigenvalue weighted by Gasteiger charge is 2.14. The summed E-state index contributed by atoms with van der Waals surface area (Å²) in [6.07, 6.45) is 3.47. The predicted molar refractivity (Wildman–Crippen MR) is 115 cm³/mol. The van der Waals surface area contributed by atoms with E-state index >= 15 is 0 Å². The number of furan rings is 1. The van der Waals surface area contributed by atoms with Crippen LogP contribution in [0, 0.1) is 0 Å². The van der Waals surface area contributed by atoms with Gasteiger partial charge in [0.2, 0.25) is 0 Å². The molecule has 6 nitrogen and oxygen atoms in total. The summed E-state index contributed by atoms with van der Waals surface area (Å²) in [5.41, 5.74) is 0.971. The summed E-state index contributed by atoms with van der Waals surface area (Å²) in [5, 5.41) is 13.0. The lowest BCUT2D eigenvalue weighted by atomic mass is 10.3. The summed E-state index contributed by atoms with van der Waals surface area (Å²) in [7, 11) is 0. The van der Waals surface area contributed by atoms with Gasteiger partial charge in [-0.2, -0.15) is 0 Å². The Hall–Kier alpha value is -2.55. The number of allylic oxidation sites excluding steroid dienone is 1. The fourth-order valence-electron chi connectivity index (χ4n) is 2.55. The number of hydrogen-bond acceptors (Lipinski definition) is 7. The first-order valence-electron chi connectivity index (χ1n) is 8.75. The van der Waals surface area contributed by atoms with Crippen LogP contribution in [0.5, 0.6) is 5.75 Å². The highest BCUT2D eigenvalue weighted by atomic mass is 35.5. The molecule has 4 aromatic rings. The highest BCUT2D eigenvalue weighted by molar-refractivity contribution is 7.98. The number of rotatable bonds is 9. The van der Waals surface area contributed by atoms with Crippen LogP contribution in [0.4, 0.5) is 0 Å². The maximum absolute atomic E-state index is 5.91. The van der Waals surface area contributed by atoms with E-state index in [0.717, 1.165) is 33.2 Å². The topological polar surface area (TPSA) is 66.0 Å². The highest BCUT2D eigenvalue weighted by Crippen LogP contribution is 2.28. The molecule has 0 N–H and O–H groups in total. The van der Waals surface area contributed by atoms with Crippen LogP contribution < -0.4 is 4.74 Å². The summed E-state index contributed by atoms with van der Waals surface area (Å²) in [5.74, 6) is 2.93. The second-order valence-electron chi connectivity index (χ2n) is 5.95. The third-order valence-electron chi connectivity index (χ3n) is 3.92. The van der Waals surface area contributed by atoms with E-state index in [1.165, 1.54) is 0 Å². The van der Waals surface area contributed by atoms with Gasteiger partial charge in [0.05, 0.1) is 12.0 Å². The third-order valence-corrected chi connectivity index (χ3v) is 6.08. The Kier molecular flexibility index (Phi) is 6.33. The summed E-state index contributed by atoms with van der Waals surface area (Å²) >= 11 is 9.05. The van der Waals surface area contributed by atoms with E-state index in [2.05, 4.69) is 21.8 Å². The molecular weight excluding hydrogens is 428 g/mol. The van der Waals surface area contributed by atoms with Crippen molar-refractivity contribution in [3.05, 3.63) is 77.2 Å². The first-order valence-corrected chi connectivity index (χ1v) is 11.0. The first-order chi connectivity index (χ1) is 14.2. The van der Waals surface area contributed by atoms with Gasteiger partial charge in [-0.3, -0.25) is 4.57 Å². The van der Waals surface area contributed by atoms with E-state index < -0.39 is 0 Å². The summed E-state index contributed by atoms with van der Waals surface area (Å²) in [6.45, 7) is 4.74. The normalized spacial score (nSPS) is 10.9. The maximum atomic E-state index is 5.91. The molecule has 0 fully saturated rings. The first kappa shape index (κ1) is 19.8. The van der Waals surface area contributed by atoms with Crippen molar-refractivity contribution in [1.82, 2.24) is 19.7 Å². The third kappa shape index (κ3) is 4.90. The number of halogens is 1. The molecule has 148 valence electrons. The number of nitrogens with zero attached hydrogens (tertiary/aromatic N) is 4. The monoisotopic (exact) mass is 444 g/mol. The molecule has 0 atom stereocenters. The van der Waals surface area contributed by atoms with Crippen LogP contribution >= 0.6 is 34.7 Å². The Labute approximate surface area is 181 Å². The lowest BCUT2D eigenvalue weighted by Gasteiger charge is -2.09. The predicted octanol–water partition coefficient (Wildman–Crippen LogP) is 5.71. The molecule has 0 unspecified atom stereocenters. The standard InChI is InChI=1S/C20H17ClN4O2S2/c1-2-9-25-18(11-27-16-7-5-14(21)6-8-16)23-24-20(25)29-13-15-12-28-19(22-15)17-4-3-10-26-17/h2-8,10,12H,1,9,11,13H2. The van der Waals surface area contributed by atoms with Gasteiger partial charge in [0, 0.05) is 22.7 Å². The minimum Gasteiger partial charge on any atom is -0.486 e. The molecule has 3 heterocycles. The van der Waals surface area contributed by atoms with Crippen molar-refractivity contribution in [2.45, 2.75) is 24.1 Å². The molecule has 0 radical (unpaired) electrons. The lowest BCUT2D eigenvalue weighted by molar-refractivity contribution is 0.289. The minimum atomic E-state index is 0.308. The molecule has 0 aliphatic carbocycles. The molecule has 0 amide bonds. The average Bonchev–Trinajstić information content (AvgIpc) is 3.48. The van der Waals surface area contributed by atoms with Gasteiger partial charge >= 0.3 is 0 Å². The number of thiazole rings is 1. The van der Waals surface area contributed by atoms with E-state index in [0.29, 0.717) is 23.9 Å². The van der Waals surface area contributed by atoms with Gasteiger partial charge in [-0.25, -0.2) is 4.98 Å². The fraction of sp³-hybridized carbons (Fsp3) is 0.150. The molecule has 4 rings (SSSR count). The average molecular weight is 445 g/mol. The van der Waals surface area contributed by atoms with Crippen molar-refractivity contribution < 1.29 is 9.15 Å². The van der Waals surface area contributed by atoms with Crippen molar-refractivity contribution in [1.29, 1.82) is 0 Å². The van der Waals surface area contributed by atoms with E-state index in [1.54, 1.807) is 41.5 Å². The molecule has 3 aromatic heterocycles. The molecular formula is C20H17ClN4O2S2. The van der Waals surface area contributed by atoms with E-state index in [9.17, 15) is 0 Å². The zero-order chi connectivity index (χ0) is 20.1. The Balaban J connectivity index is 1.42. The quantitative estimate of drug-likeness (QED) is 0.243. The molecule has 0 saturated carbocycles. The number of ether oxygens (including phenoxy) is 1. The second kappa shape index (κ2) is 9.30. The SMILES string of the molecule is C=CCn1c(COc2ccc(Cl)cc2)nnc1SCc1csc(-c2ccco2)n1. The summed E-state index contributed by atoms with van der Waals surface area (Å²) < 4.78 is 13.2. The van der Waals surface area contributed by atoms with Gasteiger partial charge in [-0.05, 0) is 36.4 Å². The molecule has 0 bridgehead atoms. The van der Waals surface area contributed by atoms with Gasteiger partial charge in [0.1, 0.15) is 12.4 Å².